The van der Waals surface area contributed by atoms with E-state index in [4.69, 9.17) is 22.1 Å². The Kier molecular flexibility index (Phi) is 8.98. The van der Waals surface area contributed by atoms with Crippen LogP contribution in [0.3, 0.4) is 0 Å². The maximum absolute atomic E-state index is 12.0. The molecule has 148 valence electrons. The minimum atomic E-state index is -0.644. The number of hydrogen-bond donors (Lipinski definition) is 3. The van der Waals surface area contributed by atoms with E-state index in [0.29, 0.717) is 21.6 Å². The number of aromatic nitrogens is 1. The van der Waals surface area contributed by atoms with E-state index in [2.05, 4.69) is 15.6 Å². The van der Waals surface area contributed by atoms with E-state index in [9.17, 15) is 9.59 Å². The molecule has 0 fully saturated rings. The molecular formula is C17H22Cl2N4O3S. The van der Waals surface area contributed by atoms with E-state index in [0.717, 1.165) is 5.56 Å². The quantitative estimate of drug-likeness (QED) is 0.623. The van der Waals surface area contributed by atoms with Crippen molar-refractivity contribution in [2.24, 2.45) is 11.7 Å². The van der Waals surface area contributed by atoms with Gasteiger partial charge >= 0.3 is 0 Å². The van der Waals surface area contributed by atoms with Gasteiger partial charge in [-0.2, -0.15) is 0 Å². The van der Waals surface area contributed by atoms with E-state index in [1.165, 1.54) is 11.3 Å². The molecule has 0 bridgehead atoms. The second-order valence-electron chi connectivity index (χ2n) is 5.92. The van der Waals surface area contributed by atoms with Crippen molar-refractivity contribution in [1.82, 2.24) is 10.3 Å². The Labute approximate surface area is 173 Å². The smallest absolute Gasteiger partial charge is 0.245 e. The molecule has 0 saturated heterocycles. The van der Waals surface area contributed by atoms with Crippen LogP contribution in [0.15, 0.2) is 23.6 Å². The summed E-state index contributed by atoms with van der Waals surface area (Å²) in [5, 5.41) is 7.88. The Bertz CT molecular complexity index is 798. The molecule has 0 unspecified atom stereocenters. The Morgan fingerprint density at radius 1 is 1.37 bits per heavy atom. The zero-order valence-electron chi connectivity index (χ0n) is 15.1. The summed E-state index contributed by atoms with van der Waals surface area (Å²) >= 11 is 7.40. The fourth-order valence-corrected chi connectivity index (χ4v) is 3.03. The van der Waals surface area contributed by atoms with Gasteiger partial charge in [-0.3, -0.25) is 9.59 Å². The van der Waals surface area contributed by atoms with Gasteiger partial charge in [0.05, 0.1) is 30.4 Å². The second kappa shape index (κ2) is 10.5. The van der Waals surface area contributed by atoms with Gasteiger partial charge in [-0.1, -0.05) is 25.4 Å². The third-order valence-corrected chi connectivity index (χ3v) is 4.70. The number of ether oxygens (including phenoxy) is 1. The summed E-state index contributed by atoms with van der Waals surface area (Å²) < 4.78 is 5.12. The molecule has 2 amide bonds. The van der Waals surface area contributed by atoms with Crippen LogP contribution in [0.4, 0.5) is 5.13 Å². The first kappa shape index (κ1) is 23.2. The number of nitrogens with one attached hydrogen (secondary N) is 2. The van der Waals surface area contributed by atoms with Crippen molar-refractivity contribution in [3.63, 3.8) is 0 Å². The number of hydrogen-bond acceptors (Lipinski definition) is 6. The first-order valence-corrected chi connectivity index (χ1v) is 9.20. The maximum atomic E-state index is 12.0. The lowest BCUT2D eigenvalue weighted by atomic mass is 10.1. The fraction of sp³-hybridized carbons (Fsp3) is 0.353. The monoisotopic (exact) mass is 432 g/mol. The molecule has 1 aromatic carbocycles. The molecule has 7 nitrogen and oxygen atoms in total. The highest BCUT2D eigenvalue weighted by atomic mass is 35.5. The maximum Gasteiger partial charge on any atom is 0.245 e. The fourth-order valence-electron chi connectivity index (χ4n) is 2.04. The van der Waals surface area contributed by atoms with E-state index < -0.39 is 6.04 Å². The highest BCUT2D eigenvalue weighted by Crippen LogP contribution is 2.31. The molecule has 27 heavy (non-hydrogen) atoms. The lowest BCUT2D eigenvalue weighted by Crippen LogP contribution is -2.46. The van der Waals surface area contributed by atoms with Crippen molar-refractivity contribution >= 4 is 52.3 Å². The van der Waals surface area contributed by atoms with Crippen molar-refractivity contribution < 1.29 is 14.3 Å². The van der Waals surface area contributed by atoms with E-state index in [1.807, 2.05) is 19.9 Å². The molecule has 1 heterocycles. The number of halogens is 2. The summed E-state index contributed by atoms with van der Waals surface area (Å²) in [7, 11) is 1.55. The molecule has 2 rings (SSSR count). The van der Waals surface area contributed by atoms with E-state index >= 15 is 0 Å². The number of amides is 2. The van der Waals surface area contributed by atoms with Gasteiger partial charge in [0.1, 0.15) is 5.75 Å². The molecule has 0 aliphatic carbocycles. The lowest BCUT2D eigenvalue weighted by Gasteiger charge is -2.14. The number of anilines is 1. The minimum absolute atomic E-state index is 0. The average Bonchev–Trinajstić information content (AvgIpc) is 3.07. The average molecular weight is 433 g/mol. The van der Waals surface area contributed by atoms with Crippen molar-refractivity contribution in [2.45, 2.75) is 19.9 Å². The molecule has 0 aliphatic rings. The van der Waals surface area contributed by atoms with E-state index in [-0.39, 0.29) is 36.7 Å². The number of benzene rings is 1. The Morgan fingerprint density at radius 2 is 2.07 bits per heavy atom. The molecule has 1 aromatic heterocycles. The van der Waals surface area contributed by atoms with Crippen molar-refractivity contribution in [3.8, 4) is 17.0 Å². The summed E-state index contributed by atoms with van der Waals surface area (Å²) in [4.78, 5) is 28.1. The van der Waals surface area contributed by atoms with Gasteiger partial charge in [-0.05, 0) is 24.1 Å². The molecule has 4 N–H and O–H groups in total. The van der Waals surface area contributed by atoms with Crippen molar-refractivity contribution in [1.29, 1.82) is 0 Å². The van der Waals surface area contributed by atoms with Crippen LogP contribution in [-0.4, -0.2) is 36.5 Å². The predicted octanol–water partition coefficient (Wildman–Crippen LogP) is 2.93. The highest BCUT2D eigenvalue weighted by molar-refractivity contribution is 7.14. The van der Waals surface area contributed by atoms with Crippen LogP contribution in [-0.2, 0) is 9.59 Å². The van der Waals surface area contributed by atoms with Crippen LogP contribution in [0.2, 0.25) is 5.02 Å². The molecule has 0 saturated carbocycles. The van der Waals surface area contributed by atoms with Gasteiger partial charge in [0.25, 0.3) is 0 Å². The number of nitrogens with two attached hydrogens (primary N) is 1. The first-order chi connectivity index (χ1) is 12.3. The Morgan fingerprint density at radius 3 is 2.67 bits per heavy atom. The molecule has 0 aliphatic heterocycles. The van der Waals surface area contributed by atoms with Crippen LogP contribution in [0.5, 0.6) is 5.75 Å². The second-order valence-corrected chi connectivity index (χ2v) is 7.19. The van der Waals surface area contributed by atoms with Crippen LogP contribution in [0.25, 0.3) is 11.3 Å². The van der Waals surface area contributed by atoms with E-state index in [1.54, 1.807) is 24.6 Å². The van der Waals surface area contributed by atoms with Gasteiger partial charge in [0, 0.05) is 10.9 Å². The highest BCUT2D eigenvalue weighted by Gasteiger charge is 2.18. The van der Waals surface area contributed by atoms with Crippen LogP contribution in [0.1, 0.15) is 13.8 Å². The summed E-state index contributed by atoms with van der Waals surface area (Å²) in [5.41, 5.74) is 7.22. The Balaban J connectivity index is 0.00000364. The van der Waals surface area contributed by atoms with Gasteiger partial charge in [-0.15, -0.1) is 23.7 Å². The standard InChI is InChI=1S/C17H21ClN4O3S.ClH/c1-9(2)15(19)16(24)20-7-14(23)22-17-21-12(8-26-17)10-4-5-13(25-3)11(18)6-10;/h4-6,8-9,15H,7,19H2,1-3H3,(H,20,24)(H,21,22,23);1H/t15-;/m0./s1. The molecular weight excluding hydrogens is 411 g/mol. The third kappa shape index (κ3) is 6.35. The van der Waals surface area contributed by atoms with Crippen LogP contribution >= 0.6 is 35.3 Å². The van der Waals surface area contributed by atoms with Crippen LogP contribution < -0.4 is 21.1 Å². The minimum Gasteiger partial charge on any atom is -0.495 e. The zero-order valence-corrected chi connectivity index (χ0v) is 17.5. The topological polar surface area (TPSA) is 106 Å². The Hall–Kier alpha value is -1.87. The number of rotatable bonds is 7. The zero-order chi connectivity index (χ0) is 19.3. The van der Waals surface area contributed by atoms with Gasteiger partial charge in [0.15, 0.2) is 5.13 Å². The first-order valence-electron chi connectivity index (χ1n) is 7.94. The summed E-state index contributed by atoms with van der Waals surface area (Å²) in [6, 6.07) is 4.69. The largest absolute Gasteiger partial charge is 0.495 e. The molecule has 0 spiro atoms. The lowest BCUT2D eigenvalue weighted by molar-refractivity contribution is -0.125. The third-order valence-electron chi connectivity index (χ3n) is 3.64. The molecule has 1 atom stereocenters. The molecule has 2 aromatic rings. The summed E-state index contributed by atoms with van der Waals surface area (Å²) in [6.07, 6.45) is 0. The van der Waals surface area contributed by atoms with Crippen molar-refractivity contribution in [3.05, 3.63) is 28.6 Å². The number of methoxy groups -OCH3 is 1. The number of carbonyl (C=O) groups is 2. The molecule has 0 radical (unpaired) electrons. The number of nitrogens with zero attached hydrogens (tertiary/aromatic N) is 1. The van der Waals surface area contributed by atoms with Gasteiger partial charge in [0.2, 0.25) is 11.8 Å². The normalized spacial score (nSPS) is 11.5. The van der Waals surface area contributed by atoms with Crippen molar-refractivity contribution in [2.75, 3.05) is 19.0 Å². The number of thiazole rings is 1. The van der Waals surface area contributed by atoms with Crippen LogP contribution in [0, 0.1) is 5.92 Å². The summed E-state index contributed by atoms with van der Waals surface area (Å²) in [6.45, 7) is 3.52. The van der Waals surface area contributed by atoms with Gasteiger partial charge < -0.3 is 21.1 Å². The SMILES string of the molecule is COc1ccc(-c2csc(NC(=O)CNC(=O)[C@@H](N)C(C)C)n2)cc1Cl.Cl. The van der Waals surface area contributed by atoms with Gasteiger partial charge in [-0.25, -0.2) is 4.98 Å². The molecule has 10 heteroatoms. The number of carbonyl (C=O) groups excluding carboxylic acids is 2. The summed E-state index contributed by atoms with van der Waals surface area (Å²) in [5.74, 6) is -0.156. The predicted molar refractivity (Wildman–Crippen MR) is 111 cm³/mol.